The van der Waals surface area contributed by atoms with Gasteiger partial charge in [-0.1, -0.05) is 23.7 Å². The van der Waals surface area contributed by atoms with Crippen molar-refractivity contribution in [3.63, 3.8) is 0 Å². The molecular weight excluding hydrogens is 314 g/mol. The minimum Gasteiger partial charge on any atom is -0.356 e. The van der Waals surface area contributed by atoms with Gasteiger partial charge in [-0.25, -0.2) is 0 Å². The second-order valence-electron chi connectivity index (χ2n) is 5.77. The largest absolute Gasteiger partial charge is 0.356 e. The summed E-state index contributed by atoms with van der Waals surface area (Å²) in [5.74, 6) is 0.281. The summed E-state index contributed by atoms with van der Waals surface area (Å²) in [6.45, 7) is 1.96. The van der Waals surface area contributed by atoms with Gasteiger partial charge < -0.3 is 10.2 Å². The number of piperidine rings is 1. The van der Waals surface area contributed by atoms with E-state index in [-0.39, 0.29) is 18.2 Å². The van der Waals surface area contributed by atoms with Crippen molar-refractivity contribution >= 4 is 23.4 Å². The van der Waals surface area contributed by atoms with E-state index < -0.39 is 0 Å². The highest BCUT2D eigenvalue weighted by Gasteiger charge is 2.22. The molecule has 0 aliphatic carbocycles. The highest BCUT2D eigenvalue weighted by Crippen LogP contribution is 2.17. The van der Waals surface area contributed by atoms with Crippen molar-refractivity contribution in [2.45, 2.75) is 25.7 Å². The summed E-state index contributed by atoms with van der Waals surface area (Å²) in [5, 5.41) is 12.2. The van der Waals surface area contributed by atoms with Crippen LogP contribution in [0.25, 0.3) is 0 Å². The lowest BCUT2D eigenvalue weighted by molar-refractivity contribution is -0.131. The normalized spacial score (nSPS) is 15.0. The van der Waals surface area contributed by atoms with E-state index in [0.29, 0.717) is 37.0 Å². The number of nitrogens with zero attached hydrogens (tertiary/aromatic N) is 2. The molecule has 0 spiro atoms. The average molecular weight is 334 g/mol. The fourth-order valence-corrected chi connectivity index (χ4v) is 2.80. The topological polar surface area (TPSA) is 73.2 Å². The quantitative estimate of drug-likeness (QED) is 0.897. The maximum absolute atomic E-state index is 12.0. The number of rotatable bonds is 5. The average Bonchev–Trinajstić information content (AvgIpc) is 2.56. The predicted molar refractivity (Wildman–Crippen MR) is 87.7 cm³/mol. The fourth-order valence-electron chi connectivity index (χ4n) is 2.67. The monoisotopic (exact) mass is 333 g/mol. The number of halogens is 1. The molecule has 122 valence electrons. The first-order valence-electron chi connectivity index (χ1n) is 7.74. The summed E-state index contributed by atoms with van der Waals surface area (Å²) in [7, 11) is 0. The van der Waals surface area contributed by atoms with Gasteiger partial charge in [-0.2, -0.15) is 5.26 Å². The van der Waals surface area contributed by atoms with Crippen LogP contribution < -0.4 is 5.32 Å². The fraction of sp³-hybridized carbons (Fsp3) is 0.471. The van der Waals surface area contributed by atoms with Crippen LogP contribution in [0.1, 0.15) is 24.8 Å². The van der Waals surface area contributed by atoms with Crippen LogP contribution >= 0.6 is 11.6 Å². The summed E-state index contributed by atoms with van der Waals surface area (Å²) in [6.07, 6.45) is 2.01. The molecule has 0 radical (unpaired) electrons. The van der Waals surface area contributed by atoms with Crippen molar-refractivity contribution in [2.24, 2.45) is 5.92 Å². The molecule has 6 heteroatoms. The number of hydrogen-bond acceptors (Lipinski definition) is 3. The van der Waals surface area contributed by atoms with Crippen LogP contribution in [0.4, 0.5) is 0 Å². The van der Waals surface area contributed by atoms with Gasteiger partial charge >= 0.3 is 0 Å². The van der Waals surface area contributed by atoms with Gasteiger partial charge in [-0.05, 0) is 36.5 Å². The van der Waals surface area contributed by atoms with Crippen LogP contribution in [0.2, 0.25) is 5.02 Å². The van der Waals surface area contributed by atoms with Crippen molar-refractivity contribution in [1.29, 1.82) is 5.26 Å². The van der Waals surface area contributed by atoms with Gasteiger partial charge in [-0.3, -0.25) is 9.59 Å². The van der Waals surface area contributed by atoms with Gasteiger partial charge in [0, 0.05) is 24.7 Å². The van der Waals surface area contributed by atoms with E-state index in [2.05, 4.69) is 5.32 Å². The van der Waals surface area contributed by atoms with Crippen molar-refractivity contribution < 1.29 is 9.59 Å². The number of hydrogen-bond donors (Lipinski definition) is 1. The van der Waals surface area contributed by atoms with Crippen molar-refractivity contribution in [1.82, 2.24) is 10.2 Å². The maximum Gasteiger partial charge on any atom is 0.236 e. The van der Waals surface area contributed by atoms with E-state index in [1.807, 2.05) is 18.2 Å². The Kier molecular flexibility index (Phi) is 6.42. The standard InChI is InChI=1S/C17H20ClN3O2/c18-15-3-1-13(2-4-15)11-16(22)20-12-14-6-9-21(10-7-14)17(23)5-8-19/h1-4,14H,5-7,9-12H2,(H,20,22). The van der Waals surface area contributed by atoms with Crippen LogP contribution in [-0.2, 0) is 16.0 Å². The van der Waals surface area contributed by atoms with E-state index in [9.17, 15) is 9.59 Å². The van der Waals surface area contributed by atoms with Crippen LogP contribution in [0.5, 0.6) is 0 Å². The Labute approximate surface area is 141 Å². The minimum absolute atomic E-state index is 0.00434. The third-order valence-corrected chi connectivity index (χ3v) is 4.32. The Balaban J connectivity index is 1.69. The minimum atomic E-state index is -0.0993. The van der Waals surface area contributed by atoms with Gasteiger partial charge in [0.15, 0.2) is 0 Å². The lowest BCUT2D eigenvalue weighted by atomic mass is 9.96. The molecule has 0 aromatic heterocycles. The predicted octanol–water partition coefficient (Wildman–Crippen LogP) is 2.15. The summed E-state index contributed by atoms with van der Waals surface area (Å²) >= 11 is 5.82. The Bertz CT molecular complexity index is 587. The molecule has 23 heavy (non-hydrogen) atoms. The zero-order valence-electron chi connectivity index (χ0n) is 12.9. The van der Waals surface area contributed by atoms with Crippen LogP contribution in [0.15, 0.2) is 24.3 Å². The number of carbonyl (C=O) groups is 2. The third-order valence-electron chi connectivity index (χ3n) is 4.06. The maximum atomic E-state index is 12.0. The Morgan fingerprint density at radius 1 is 1.26 bits per heavy atom. The first kappa shape index (κ1) is 17.3. The number of carbonyl (C=O) groups excluding carboxylic acids is 2. The molecule has 1 fully saturated rings. The zero-order chi connectivity index (χ0) is 16.7. The lowest BCUT2D eigenvalue weighted by Gasteiger charge is -2.31. The number of nitrogens with one attached hydrogen (secondary N) is 1. The van der Waals surface area contributed by atoms with Gasteiger partial charge in [0.2, 0.25) is 11.8 Å². The molecule has 2 rings (SSSR count). The summed E-state index contributed by atoms with van der Waals surface area (Å²) in [5.41, 5.74) is 0.934. The molecule has 2 amide bonds. The molecule has 1 aliphatic heterocycles. The first-order chi connectivity index (χ1) is 11.1. The molecule has 1 aliphatic rings. The Morgan fingerprint density at radius 3 is 2.52 bits per heavy atom. The molecule has 1 saturated heterocycles. The number of nitriles is 1. The molecule has 0 bridgehead atoms. The third kappa shape index (κ3) is 5.57. The number of amides is 2. The summed E-state index contributed by atoms with van der Waals surface area (Å²) in [4.78, 5) is 25.3. The van der Waals surface area contributed by atoms with Crippen molar-refractivity contribution in [2.75, 3.05) is 19.6 Å². The first-order valence-corrected chi connectivity index (χ1v) is 8.12. The molecule has 0 unspecified atom stereocenters. The SMILES string of the molecule is N#CCC(=O)N1CCC(CNC(=O)Cc2ccc(Cl)cc2)CC1. The van der Waals surface area contributed by atoms with Crippen LogP contribution in [-0.4, -0.2) is 36.3 Å². The Morgan fingerprint density at radius 2 is 1.91 bits per heavy atom. The highest BCUT2D eigenvalue weighted by atomic mass is 35.5. The second kappa shape index (κ2) is 8.54. The van der Waals surface area contributed by atoms with E-state index in [0.717, 1.165) is 18.4 Å². The van der Waals surface area contributed by atoms with Gasteiger partial charge in [-0.15, -0.1) is 0 Å². The Hall–Kier alpha value is -2.06. The molecule has 0 atom stereocenters. The van der Waals surface area contributed by atoms with E-state index in [4.69, 9.17) is 16.9 Å². The summed E-state index contributed by atoms with van der Waals surface area (Å²) < 4.78 is 0. The number of likely N-dealkylation sites (tertiary alicyclic amines) is 1. The van der Waals surface area contributed by atoms with Crippen molar-refractivity contribution in [3.05, 3.63) is 34.9 Å². The smallest absolute Gasteiger partial charge is 0.236 e. The zero-order valence-corrected chi connectivity index (χ0v) is 13.7. The van der Waals surface area contributed by atoms with Crippen LogP contribution in [0.3, 0.4) is 0 Å². The molecule has 1 aromatic rings. The van der Waals surface area contributed by atoms with Gasteiger partial charge in [0.05, 0.1) is 12.5 Å². The van der Waals surface area contributed by atoms with E-state index in [1.54, 1.807) is 17.0 Å². The summed E-state index contributed by atoms with van der Waals surface area (Å²) in [6, 6.07) is 9.13. The molecule has 1 aromatic carbocycles. The van der Waals surface area contributed by atoms with Gasteiger partial charge in [0.25, 0.3) is 0 Å². The van der Waals surface area contributed by atoms with Crippen molar-refractivity contribution in [3.8, 4) is 6.07 Å². The molecular formula is C17H20ClN3O2. The molecule has 1 N–H and O–H groups in total. The second-order valence-corrected chi connectivity index (χ2v) is 6.20. The van der Waals surface area contributed by atoms with E-state index in [1.165, 1.54) is 0 Å². The van der Waals surface area contributed by atoms with Gasteiger partial charge in [0.1, 0.15) is 6.42 Å². The molecule has 0 saturated carbocycles. The number of benzene rings is 1. The van der Waals surface area contributed by atoms with E-state index >= 15 is 0 Å². The highest BCUT2D eigenvalue weighted by molar-refractivity contribution is 6.30. The van der Waals surface area contributed by atoms with Crippen LogP contribution in [0, 0.1) is 17.2 Å². The lowest BCUT2D eigenvalue weighted by Crippen LogP contribution is -2.41. The molecule has 5 nitrogen and oxygen atoms in total. The molecule has 1 heterocycles.